The van der Waals surface area contributed by atoms with Gasteiger partial charge in [0.2, 0.25) is 5.91 Å². The minimum absolute atomic E-state index is 0.0267. The third-order valence-electron chi connectivity index (χ3n) is 1.70. The van der Waals surface area contributed by atoms with E-state index >= 15 is 0 Å². The number of rotatable bonds is 6. The summed E-state index contributed by atoms with van der Waals surface area (Å²) in [6.07, 6.45) is 0.927. The van der Waals surface area contributed by atoms with Crippen molar-refractivity contribution in [3.8, 4) is 0 Å². The van der Waals surface area contributed by atoms with Crippen LogP contribution in [0.5, 0.6) is 0 Å². The molecule has 0 aliphatic carbocycles. The Bertz CT molecular complexity index is 223. The van der Waals surface area contributed by atoms with Crippen LogP contribution in [0.4, 0.5) is 0 Å². The molecule has 14 heavy (non-hydrogen) atoms. The van der Waals surface area contributed by atoms with Gasteiger partial charge in [-0.05, 0) is 12.8 Å². The van der Waals surface area contributed by atoms with Crippen LogP contribution >= 0.6 is 7.60 Å². The molecule has 0 fully saturated rings. The van der Waals surface area contributed by atoms with Crippen LogP contribution in [0, 0.1) is 5.92 Å². The summed E-state index contributed by atoms with van der Waals surface area (Å²) in [4.78, 5) is 28.1. The van der Waals surface area contributed by atoms with E-state index < -0.39 is 7.60 Å². The largest absolute Gasteiger partial charge is 0.356 e. The summed E-state index contributed by atoms with van der Waals surface area (Å²) < 4.78 is 10.4. The number of hydrogen-bond acceptors (Lipinski definition) is 2. The quantitative estimate of drug-likeness (QED) is 0.457. The molecule has 0 radical (unpaired) electrons. The number of carbonyl (C=O) groups excluding carboxylic acids is 1. The zero-order chi connectivity index (χ0) is 11.2. The highest BCUT2D eigenvalue weighted by atomic mass is 31.2. The van der Waals surface area contributed by atoms with E-state index in [2.05, 4.69) is 5.32 Å². The molecule has 0 saturated carbocycles. The fraction of sp³-hybridized carbons (Fsp3) is 0.875. The monoisotopic (exact) mass is 223 g/mol. The third kappa shape index (κ3) is 8.23. The number of amides is 1. The van der Waals surface area contributed by atoms with Gasteiger partial charge in [0, 0.05) is 18.6 Å². The number of carbonyl (C=O) groups is 1. The molecule has 0 rings (SSSR count). The first-order valence-electron chi connectivity index (χ1n) is 4.65. The van der Waals surface area contributed by atoms with E-state index in [0.29, 0.717) is 19.4 Å². The average Bonchev–Trinajstić information content (AvgIpc) is 2.01. The van der Waals surface area contributed by atoms with Crippen LogP contribution in [0.1, 0.15) is 26.7 Å². The fourth-order valence-corrected chi connectivity index (χ4v) is 1.49. The predicted molar refractivity (Wildman–Crippen MR) is 54.0 cm³/mol. The fourth-order valence-electron chi connectivity index (χ4n) is 0.858. The highest BCUT2D eigenvalue weighted by Crippen LogP contribution is 2.35. The van der Waals surface area contributed by atoms with Gasteiger partial charge in [-0.25, -0.2) is 0 Å². The lowest BCUT2D eigenvalue weighted by atomic mass is 10.2. The summed E-state index contributed by atoms with van der Waals surface area (Å²) in [5.74, 6) is -0.0713. The molecule has 0 bridgehead atoms. The molecule has 0 unspecified atom stereocenters. The van der Waals surface area contributed by atoms with Gasteiger partial charge in [-0.2, -0.15) is 0 Å². The van der Waals surface area contributed by atoms with Gasteiger partial charge < -0.3 is 15.1 Å². The van der Waals surface area contributed by atoms with E-state index in [1.165, 1.54) is 0 Å². The molecule has 0 aromatic heterocycles. The second kappa shape index (κ2) is 6.17. The molecule has 0 aromatic rings. The smallest absolute Gasteiger partial charge is 0.325 e. The normalized spacial score (nSPS) is 11.8. The second-order valence-electron chi connectivity index (χ2n) is 3.54. The maximum Gasteiger partial charge on any atom is 0.325 e. The maximum absolute atomic E-state index is 11.0. The third-order valence-corrected chi connectivity index (χ3v) is 2.60. The molecule has 3 N–H and O–H groups in total. The van der Waals surface area contributed by atoms with E-state index in [1.54, 1.807) is 13.8 Å². The summed E-state index contributed by atoms with van der Waals surface area (Å²) >= 11 is 0. The minimum Gasteiger partial charge on any atom is -0.356 e. The molecular weight excluding hydrogens is 205 g/mol. The van der Waals surface area contributed by atoms with Crippen LogP contribution in [0.3, 0.4) is 0 Å². The van der Waals surface area contributed by atoms with Gasteiger partial charge in [-0.15, -0.1) is 0 Å². The van der Waals surface area contributed by atoms with Crippen molar-refractivity contribution in [2.45, 2.75) is 26.7 Å². The molecule has 0 aliphatic rings. The topological polar surface area (TPSA) is 86.6 Å². The van der Waals surface area contributed by atoms with Crippen LogP contribution in [0.15, 0.2) is 0 Å². The molecule has 5 nitrogen and oxygen atoms in total. The van der Waals surface area contributed by atoms with Gasteiger partial charge in [0.05, 0.1) is 0 Å². The number of nitrogens with one attached hydrogen (secondary N) is 1. The Morgan fingerprint density at radius 3 is 2.36 bits per heavy atom. The summed E-state index contributed by atoms with van der Waals surface area (Å²) in [5.41, 5.74) is 0. The lowest BCUT2D eigenvalue weighted by Gasteiger charge is -2.07. The predicted octanol–water partition coefficient (Wildman–Crippen LogP) is 0.716. The van der Waals surface area contributed by atoms with Crippen molar-refractivity contribution in [2.24, 2.45) is 5.92 Å². The van der Waals surface area contributed by atoms with Crippen molar-refractivity contribution in [3.05, 3.63) is 0 Å². The maximum atomic E-state index is 11.0. The van der Waals surface area contributed by atoms with Crippen molar-refractivity contribution in [3.63, 3.8) is 0 Å². The first-order valence-corrected chi connectivity index (χ1v) is 6.45. The SMILES string of the molecule is CC(C)C(=O)NCCCCP(=O)(O)O. The first-order chi connectivity index (χ1) is 6.33. The van der Waals surface area contributed by atoms with E-state index in [1.807, 2.05) is 0 Å². The van der Waals surface area contributed by atoms with E-state index in [-0.39, 0.29) is 18.0 Å². The van der Waals surface area contributed by atoms with Gasteiger partial charge in [0.15, 0.2) is 0 Å². The Hall–Kier alpha value is -0.380. The van der Waals surface area contributed by atoms with E-state index in [9.17, 15) is 9.36 Å². The molecule has 0 saturated heterocycles. The minimum atomic E-state index is -3.86. The Kier molecular flexibility index (Phi) is 6.00. The first kappa shape index (κ1) is 13.6. The number of hydrogen-bond donors (Lipinski definition) is 3. The lowest BCUT2D eigenvalue weighted by molar-refractivity contribution is -0.123. The van der Waals surface area contributed by atoms with E-state index in [4.69, 9.17) is 9.79 Å². The molecule has 0 spiro atoms. The van der Waals surface area contributed by atoms with Crippen molar-refractivity contribution in [1.29, 1.82) is 0 Å². The van der Waals surface area contributed by atoms with Crippen molar-refractivity contribution in [2.75, 3.05) is 12.7 Å². The van der Waals surface area contributed by atoms with Gasteiger partial charge in [-0.3, -0.25) is 9.36 Å². The highest BCUT2D eigenvalue weighted by Gasteiger charge is 2.11. The second-order valence-corrected chi connectivity index (χ2v) is 5.32. The average molecular weight is 223 g/mol. The Balaban J connectivity index is 3.40. The Morgan fingerprint density at radius 2 is 1.93 bits per heavy atom. The molecule has 84 valence electrons. The molecule has 0 aromatic carbocycles. The summed E-state index contributed by atoms with van der Waals surface area (Å²) in [6.45, 7) is 4.08. The zero-order valence-corrected chi connectivity index (χ0v) is 9.46. The van der Waals surface area contributed by atoms with Gasteiger partial charge in [-0.1, -0.05) is 13.8 Å². The molecule has 0 aliphatic heterocycles. The van der Waals surface area contributed by atoms with Gasteiger partial charge in [0.1, 0.15) is 0 Å². The van der Waals surface area contributed by atoms with Crippen molar-refractivity contribution < 1.29 is 19.1 Å². The van der Waals surface area contributed by atoms with Crippen LogP contribution in [-0.4, -0.2) is 28.4 Å². The summed E-state index contributed by atoms with van der Waals surface area (Å²) in [7, 11) is -3.86. The molecular formula is C8H18NO4P. The zero-order valence-electron chi connectivity index (χ0n) is 8.56. The highest BCUT2D eigenvalue weighted by molar-refractivity contribution is 7.51. The van der Waals surface area contributed by atoms with Crippen LogP contribution in [0.25, 0.3) is 0 Å². The number of unbranched alkanes of at least 4 members (excludes halogenated alkanes) is 1. The molecule has 6 heteroatoms. The van der Waals surface area contributed by atoms with Gasteiger partial charge in [0.25, 0.3) is 0 Å². The van der Waals surface area contributed by atoms with Crippen LogP contribution in [-0.2, 0) is 9.36 Å². The molecule has 1 amide bonds. The van der Waals surface area contributed by atoms with Gasteiger partial charge >= 0.3 is 7.60 Å². The Morgan fingerprint density at radius 1 is 1.36 bits per heavy atom. The van der Waals surface area contributed by atoms with Crippen LogP contribution < -0.4 is 5.32 Å². The van der Waals surface area contributed by atoms with E-state index in [0.717, 1.165) is 0 Å². The van der Waals surface area contributed by atoms with Crippen LogP contribution in [0.2, 0.25) is 0 Å². The Labute approximate surface area is 84.1 Å². The summed E-state index contributed by atoms with van der Waals surface area (Å²) in [6, 6.07) is 0. The van der Waals surface area contributed by atoms with Crippen molar-refractivity contribution >= 4 is 13.5 Å². The lowest BCUT2D eigenvalue weighted by Crippen LogP contribution is -2.28. The summed E-state index contributed by atoms with van der Waals surface area (Å²) in [5, 5.41) is 2.68. The van der Waals surface area contributed by atoms with Crippen molar-refractivity contribution in [1.82, 2.24) is 5.32 Å². The molecule has 0 heterocycles. The standard InChI is InChI=1S/C8H18NO4P/c1-7(2)8(10)9-5-3-4-6-14(11,12)13/h7H,3-6H2,1-2H3,(H,9,10)(H2,11,12,13). The molecule has 0 atom stereocenters.